The minimum atomic E-state index is 0.127. The molecule has 0 aromatic carbocycles. The number of rotatable bonds is 4. The largest absolute Gasteiger partial charge is 0.338 e. The van der Waals surface area contributed by atoms with Gasteiger partial charge in [-0.1, -0.05) is 6.07 Å². The van der Waals surface area contributed by atoms with Crippen LogP contribution in [0.25, 0.3) is 0 Å². The van der Waals surface area contributed by atoms with Crippen LogP contribution in [0.2, 0.25) is 0 Å². The van der Waals surface area contributed by atoms with Crippen molar-refractivity contribution < 1.29 is 4.79 Å². The van der Waals surface area contributed by atoms with E-state index in [9.17, 15) is 4.79 Å². The monoisotopic (exact) mass is 289 g/mol. The number of hydrogen-bond donors (Lipinski definition) is 1. The number of carbonyl (C=O) groups is 1. The summed E-state index contributed by atoms with van der Waals surface area (Å²) in [5.74, 6) is 0.585. The lowest BCUT2D eigenvalue weighted by atomic mass is 10.1. The SMILES string of the molecule is NC[C@H]1CCN(C(=O)c2cccn2Cc2cccs2)C1. The molecule has 3 rings (SSSR count). The molecule has 0 radical (unpaired) electrons. The van der Waals surface area contributed by atoms with Gasteiger partial charge >= 0.3 is 0 Å². The van der Waals surface area contributed by atoms with Crippen LogP contribution in [-0.4, -0.2) is 35.0 Å². The predicted molar refractivity (Wildman–Crippen MR) is 80.9 cm³/mol. The molecule has 1 aliphatic heterocycles. The fraction of sp³-hybridized carbons (Fsp3) is 0.400. The summed E-state index contributed by atoms with van der Waals surface area (Å²) in [5.41, 5.74) is 6.47. The molecule has 1 aliphatic rings. The molecule has 1 amide bonds. The zero-order chi connectivity index (χ0) is 13.9. The second kappa shape index (κ2) is 5.81. The summed E-state index contributed by atoms with van der Waals surface area (Å²) in [5, 5.41) is 2.06. The Morgan fingerprint density at radius 3 is 3.00 bits per heavy atom. The van der Waals surface area contributed by atoms with Crippen LogP contribution in [0, 0.1) is 5.92 Å². The minimum Gasteiger partial charge on any atom is -0.338 e. The Kier molecular flexibility index (Phi) is 3.89. The fourth-order valence-corrected chi connectivity index (χ4v) is 3.39. The maximum Gasteiger partial charge on any atom is 0.270 e. The first-order valence-electron chi connectivity index (χ1n) is 6.95. The van der Waals surface area contributed by atoms with Gasteiger partial charge in [0.1, 0.15) is 5.69 Å². The highest BCUT2D eigenvalue weighted by Gasteiger charge is 2.27. The Morgan fingerprint density at radius 2 is 2.30 bits per heavy atom. The topological polar surface area (TPSA) is 51.3 Å². The molecule has 20 heavy (non-hydrogen) atoms. The van der Waals surface area contributed by atoms with E-state index in [-0.39, 0.29) is 5.91 Å². The average Bonchev–Trinajstić information content (AvgIpc) is 3.20. The van der Waals surface area contributed by atoms with Gasteiger partial charge in [-0.3, -0.25) is 4.79 Å². The summed E-state index contributed by atoms with van der Waals surface area (Å²) in [4.78, 5) is 15.8. The number of amides is 1. The van der Waals surface area contributed by atoms with Crippen LogP contribution in [0.1, 0.15) is 21.8 Å². The van der Waals surface area contributed by atoms with Crippen LogP contribution < -0.4 is 5.73 Å². The average molecular weight is 289 g/mol. The van der Waals surface area contributed by atoms with Crippen molar-refractivity contribution in [3.8, 4) is 0 Å². The predicted octanol–water partition coefficient (Wildman–Crippen LogP) is 2.02. The summed E-state index contributed by atoms with van der Waals surface area (Å²) in [7, 11) is 0. The molecule has 4 nitrogen and oxygen atoms in total. The molecule has 2 aromatic heterocycles. The van der Waals surface area contributed by atoms with E-state index >= 15 is 0 Å². The Hall–Kier alpha value is -1.59. The third kappa shape index (κ3) is 2.64. The molecule has 106 valence electrons. The van der Waals surface area contributed by atoms with Crippen LogP contribution >= 0.6 is 11.3 Å². The number of carbonyl (C=O) groups excluding carboxylic acids is 1. The van der Waals surface area contributed by atoms with E-state index in [2.05, 4.69) is 11.4 Å². The first-order chi connectivity index (χ1) is 9.78. The highest BCUT2D eigenvalue weighted by atomic mass is 32.1. The van der Waals surface area contributed by atoms with Gasteiger partial charge in [0.25, 0.3) is 5.91 Å². The van der Waals surface area contributed by atoms with Crippen molar-refractivity contribution in [2.75, 3.05) is 19.6 Å². The first-order valence-corrected chi connectivity index (χ1v) is 7.82. The highest BCUT2D eigenvalue weighted by Crippen LogP contribution is 2.19. The number of nitrogens with zero attached hydrogens (tertiary/aromatic N) is 2. The van der Waals surface area contributed by atoms with Gasteiger partial charge in [-0.2, -0.15) is 0 Å². The number of thiophene rings is 1. The smallest absolute Gasteiger partial charge is 0.270 e. The maximum absolute atomic E-state index is 12.6. The van der Waals surface area contributed by atoms with Gasteiger partial charge in [0.05, 0.1) is 6.54 Å². The van der Waals surface area contributed by atoms with Crippen molar-refractivity contribution in [3.63, 3.8) is 0 Å². The lowest BCUT2D eigenvalue weighted by Gasteiger charge is -2.17. The van der Waals surface area contributed by atoms with E-state index in [1.54, 1.807) is 11.3 Å². The van der Waals surface area contributed by atoms with Crippen LogP contribution in [0.3, 0.4) is 0 Å². The number of aromatic nitrogens is 1. The zero-order valence-electron chi connectivity index (χ0n) is 11.4. The Bertz CT molecular complexity index is 576. The molecule has 0 bridgehead atoms. The second-order valence-electron chi connectivity index (χ2n) is 5.24. The molecule has 1 saturated heterocycles. The first kappa shape index (κ1) is 13.4. The number of hydrogen-bond acceptors (Lipinski definition) is 3. The summed E-state index contributed by atoms with van der Waals surface area (Å²) >= 11 is 1.72. The van der Waals surface area contributed by atoms with E-state index in [1.165, 1.54) is 4.88 Å². The molecule has 2 N–H and O–H groups in total. The van der Waals surface area contributed by atoms with Crippen LogP contribution in [0.5, 0.6) is 0 Å². The van der Waals surface area contributed by atoms with Gasteiger partial charge in [-0.15, -0.1) is 11.3 Å². The molecule has 1 fully saturated rings. The molecular formula is C15H19N3OS. The molecule has 5 heteroatoms. The van der Waals surface area contributed by atoms with Gasteiger partial charge in [0.15, 0.2) is 0 Å². The zero-order valence-corrected chi connectivity index (χ0v) is 12.2. The Balaban J connectivity index is 1.74. The lowest BCUT2D eigenvalue weighted by Crippen LogP contribution is -2.31. The van der Waals surface area contributed by atoms with E-state index in [0.29, 0.717) is 12.5 Å². The van der Waals surface area contributed by atoms with Gasteiger partial charge in [0.2, 0.25) is 0 Å². The number of nitrogens with two attached hydrogens (primary N) is 1. The third-order valence-electron chi connectivity index (χ3n) is 3.86. The van der Waals surface area contributed by atoms with Crippen LogP contribution in [0.4, 0.5) is 0 Å². The van der Waals surface area contributed by atoms with Crippen molar-refractivity contribution in [2.24, 2.45) is 11.7 Å². The third-order valence-corrected chi connectivity index (χ3v) is 4.72. The summed E-state index contributed by atoms with van der Waals surface area (Å²) in [6, 6.07) is 7.99. The van der Waals surface area contributed by atoms with Gasteiger partial charge < -0.3 is 15.2 Å². The molecule has 0 saturated carbocycles. The van der Waals surface area contributed by atoms with Crippen molar-refractivity contribution >= 4 is 17.2 Å². The molecule has 3 heterocycles. The van der Waals surface area contributed by atoms with E-state index < -0.39 is 0 Å². The van der Waals surface area contributed by atoms with Gasteiger partial charge in [0, 0.05) is 24.2 Å². The van der Waals surface area contributed by atoms with E-state index in [0.717, 1.165) is 31.7 Å². The van der Waals surface area contributed by atoms with Crippen LogP contribution in [-0.2, 0) is 6.54 Å². The van der Waals surface area contributed by atoms with E-state index in [4.69, 9.17) is 5.73 Å². The van der Waals surface area contributed by atoms with Crippen molar-refractivity contribution in [1.29, 1.82) is 0 Å². The normalized spacial score (nSPS) is 18.6. The Morgan fingerprint density at radius 1 is 1.40 bits per heavy atom. The van der Waals surface area contributed by atoms with Gasteiger partial charge in [-0.05, 0) is 42.5 Å². The molecule has 1 atom stereocenters. The molecule has 0 aliphatic carbocycles. The highest BCUT2D eigenvalue weighted by molar-refractivity contribution is 7.09. The molecule has 0 spiro atoms. The van der Waals surface area contributed by atoms with Crippen LogP contribution in [0.15, 0.2) is 35.8 Å². The van der Waals surface area contributed by atoms with Crippen molar-refractivity contribution in [3.05, 3.63) is 46.4 Å². The Labute approximate surface area is 122 Å². The molecular weight excluding hydrogens is 270 g/mol. The van der Waals surface area contributed by atoms with Gasteiger partial charge in [-0.25, -0.2) is 0 Å². The molecule has 2 aromatic rings. The fourth-order valence-electron chi connectivity index (χ4n) is 2.69. The standard InChI is InChI=1S/C15H19N3OS/c16-9-12-5-7-18(10-12)15(19)14-4-1-6-17(14)11-13-3-2-8-20-13/h1-4,6,8,12H,5,7,9-11,16H2/t12-/m1/s1. The summed E-state index contributed by atoms with van der Waals surface area (Å²) in [6.45, 7) is 3.05. The number of likely N-dealkylation sites (tertiary alicyclic amines) is 1. The quantitative estimate of drug-likeness (QED) is 0.936. The maximum atomic E-state index is 12.6. The van der Waals surface area contributed by atoms with E-state index in [1.807, 2.05) is 33.9 Å². The summed E-state index contributed by atoms with van der Waals surface area (Å²) in [6.07, 6.45) is 3.00. The second-order valence-corrected chi connectivity index (χ2v) is 6.27. The molecule has 0 unspecified atom stereocenters. The lowest BCUT2D eigenvalue weighted by molar-refractivity contribution is 0.0777. The van der Waals surface area contributed by atoms with Crippen molar-refractivity contribution in [1.82, 2.24) is 9.47 Å². The van der Waals surface area contributed by atoms with Crippen molar-refractivity contribution in [2.45, 2.75) is 13.0 Å². The summed E-state index contributed by atoms with van der Waals surface area (Å²) < 4.78 is 2.03. The minimum absolute atomic E-state index is 0.127.